The third-order valence-corrected chi connectivity index (χ3v) is 7.38. The number of unbranched alkanes of at least 4 members (excludes halogenated alkanes) is 3. The van der Waals surface area contributed by atoms with Gasteiger partial charge in [-0.15, -0.1) is 0 Å². The fourth-order valence-electron chi connectivity index (χ4n) is 5.31. The largest absolute Gasteiger partial charge is 0.494 e. The van der Waals surface area contributed by atoms with E-state index >= 15 is 0 Å². The molecule has 0 aromatic heterocycles. The Kier molecular flexibility index (Phi) is 9.79. The van der Waals surface area contributed by atoms with Gasteiger partial charge in [0.2, 0.25) is 17.8 Å². The first-order valence-corrected chi connectivity index (χ1v) is 13.8. The monoisotopic (exact) mass is 512 g/mol. The molecule has 0 unspecified atom stereocenters. The summed E-state index contributed by atoms with van der Waals surface area (Å²) in [5.41, 5.74) is 1.93. The van der Waals surface area contributed by atoms with Crippen molar-refractivity contribution in [3.05, 3.63) is 23.8 Å². The highest BCUT2D eigenvalue weighted by molar-refractivity contribution is 6.05. The van der Waals surface area contributed by atoms with Crippen molar-refractivity contribution in [2.45, 2.75) is 77.7 Å². The number of hydrogen-bond acceptors (Lipinski definition) is 7. The van der Waals surface area contributed by atoms with E-state index in [9.17, 15) is 14.4 Å². The maximum absolute atomic E-state index is 12.8. The first-order valence-electron chi connectivity index (χ1n) is 13.8. The van der Waals surface area contributed by atoms with Gasteiger partial charge in [0.15, 0.2) is 0 Å². The molecule has 2 fully saturated rings. The lowest BCUT2D eigenvalue weighted by molar-refractivity contribution is -0.143. The molecule has 9 heteroatoms. The Balaban J connectivity index is 1.11. The summed E-state index contributed by atoms with van der Waals surface area (Å²) in [6.45, 7) is 4.53. The summed E-state index contributed by atoms with van der Waals surface area (Å²) in [6.07, 6.45) is 10.5. The second kappa shape index (κ2) is 13.4. The molecule has 1 saturated carbocycles. The Labute approximate surface area is 219 Å². The summed E-state index contributed by atoms with van der Waals surface area (Å²) in [7, 11) is 0. The van der Waals surface area contributed by atoms with Crippen molar-refractivity contribution >= 4 is 29.4 Å². The number of nitrogens with one attached hydrogen (secondary N) is 1. The number of carbonyl (C=O) groups excluding carboxylic acids is 3. The SMILES string of the molecule is CC(=O)OCCN(CCC1CCCC1)C(=O)CCCCCCOc1ccc2c(c1)CN1CC(=O)NC1=N2. The normalized spacial score (nSPS) is 16.6. The topological polar surface area (TPSA) is 101 Å². The van der Waals surface area contributed by atoms with Crippen LogP contribution in [0.3, 0.4) is 0 Å². The van der Waals surface area contributed by atoms with Crippen molar-refractivity contribution in [2.75, 3.05) is 32.8 Å². The molecular weight excluding hydrogens is 472 g/mol. The number of benzene rings is 1. The molecule has 3 aliphatic rings. The van der Waals surface area contributed by atoms with Crippen LogP contribution < -0.4 is 10.1 Å². The summed E-state index contributed by atoms with van der Waals surface area (Å²) >= 11 is 0. The molecule has 1 saturated heterocycles. The van der Waals surface area contributed by atoms with Crippen LogP contribution in [-0.2, 0) is 25.7 Å². The second-order valence-corrected chi connectivity index (χ2v) is 10.3. The highest BCUT2D eigenvalue weighted by Gasteiger charge is 2.29. The molecular formula is C28H40N4O5. The van der Waals surface area contributed by atoms with Gasteiger partial charge in [-0.2, -0.15) is 0 Å². The molecule has 1 N–H and O–H groups in total. The maximum Gasteiger partial charge on any atom is 0.302 e. The Morgan fingerprint density at radius 3 is 2.70 bits per heavy atom. The Morgan fingerprint density at radius 1 is 1.08 bits per heavy atom. The van der Waals surface area contributed by atoms with E-state index in [4.69, 9.17) is 9.47 Å². The zero-order chi connectivity index (χ0) is 26.0. The minimum atomic E-state index is -0.302. The smallest absolute Gasteiger partial charge is 0.302 e. The van der Waals surface area contributed by atoms with E-state index in [1.165, 1.54) is 32.6 Å². The van der Waals surface area contributed by atoms with Gasteiger partial charge in [0.25, 0.3) is 0 Å². The van der Waals surface area contributed by atoms with Gasteiger partial charge in [0, 0.05) is 32.0 Å². The van der Waals surface area contributed by atoms with Gasteiger partial charge in [0.1, 0.15) is 18.9 Å². The predicted molar refractivity (Wildman–Crippen MR) is 140 cm³/mol. The Bertz CT molecular complexity index is 989. The van der Waals surface area contributed by atoms with Crippen LogP contribution in [0.1, 0.15) is 76.7 Å². The van der Waals surface area contributed by atoms with Crippen LogP contribution in [0.25, 0.3) is 0 Å². The van der Waals surface area contributed by atoms with Crippen LogP contribution in [0.2, 0.25) is 0 Å². The molecule has 202 valence electrons. The molecule has 0 atom stereocenters. The maximum atomic E-state index is 12.8. The van der Waals surface area contributed by atoms with E-state index < -0.39 is 0 Å². The fourth-order valence-corrected chi connectivity index (χ4v) is 5.31. The molecule has 1 aromatic rings. The molecule has 9 nitrogen and oxygen atoms in total. The average molecular weight is 513 g/mol. The number of guanidine groups is 1. The van der Waals surface area contributed by atoms with Gasteiger partial charge in [-0.25, -0.2) is 4.99 Å². The predicted octanol–water partition coefficient (Wildman–Crippen LogP) is 3.92. The van der Waals surface area contributed by atoms with Gasteiger partial charge in [-0.1, -0.05) is 38.5 Å². The van der Waals surface area contributed by atoms with Crippen LogP contribution in [0.15, 0.2) is 23.2 Å². The highest BCUT2D eigenvalue weighted by atomic mass is 16.5. The Hall–Kier alpha value is -3.10. The first kappa shape index (κ1) is 26.9. The number of amides is 2. The number of rotatable bonds is 14. The van der Waals surface area contributed by atoms with Crippen LogP contribution in [-0.4, -0.2) is 66.4 Å². The number of carbonyl (C=O) groups is 3. The minimum absolute atomic E-state index is 0.0245. The van der Waals surface area contributed by atoms with Gasteiger partial charge in [0.05, 0.1) is 18.8 Å². The number of aliphatic imine (C=N–C) groups is 1. The number of esters is 1. The summed E-state index contributed by atoms with van der Waals surface area (Å²) in [5, 5.41) is 2.78. The number of fused-ring (bicyclic) bond motifs is 2. The highest BCUT2D eigenvalue weighted by Crippen LogP contribution is 2.30. The summed E-state index contributed by atoms with van der Waals surface area (Å²) in [5.74, 6) is 2.01. The van der Waals surface area contributed by atoms with Crippen LogP contribution in [0.5, 0.6) is 5.75 Å². The first-order chi connectivity index (χ1) is 18.0. The van der Waals surface area contributed by atoms with Crippen molar-refractivity contribution in [1.82, 2.24) is 15.1 Å². The molecule has 2 heterocycles. The molecule has 0 bridgehead atoms. The standard InChI is InChI=1S/C28H40N4O5/c1-21(33)36-17-15-31(14-13-22-8-5-6-9-22)27(35)10-4-2-3-7-16-37-24-11-12-25-23(18-24)19-32-20-26(34)30-28(32)29-25/h11-12,18,22H,2-10,13-17,19-20H2,1H3,(H,29,30,34). The van der Waals surface area contributed by atoms with Crippen LogP contribution in [0, 0.1) is 5.92 Å². The van der Waals surface area contributed by atoms with E-state index in [1.807, 2.05) is 28.0 Å². The Morgan fingerprint density at radius 2 is 1.89 bits per heavy atom. The third-order valence-electron chi connectivity index (χ3n) is 7.38. The van der Waals surface area contributed by atoms with Crippen molar-refractivity contribution < 1.29 is 23.9 Å². The lowest BCUT2D eigenvalue weighted by atomic mass is 10.0. The zero-order valence-corrected chi connectivity index (χ0v) is 22.0. The van der Waals surface area contributed by atoms with Crippen molar-refractivity contribution in [1.29, 1.82) is 0 Å². The summed E-state index contributed by atoms with van der Waals surface area (Å²) in [6, 6.07) is 5.86. The van der Waals surface area contributed by atoms with Gasteiger partial charge >= 0.3 is 5.97 Å². The molecule has 0 spiro atoms. The van der Waals surface area contributed by atoms with Crippen molar-refractivity contribution in [3.63, 3.8) is 0 Å². The van der Waals surface area contributed by atoms with E-state index in [0.29, 0.717) is 38.6 Å². The zero-order valence-electron chi connectivity index (χ0n) is 22.0. The molecule has 4 rings (SSSR count). The molecule has 2 amide bonds. The number of nitrogens with zero attached hydrogens (tertiary/aromatic N) is 3. The van der Waals surface area contributed by atoms with Crippen LogP contribution >= 0.6 is 0 Å². The van der Waals surface area contributed by atoms with E-state index in [1.54, 1.807) is 0 Å². The molecule has 0 radical (unpaired) electrons. The van der Waals surface area contributed by atoms with Gasteiger partial charge < -0.3 is 19.3 Å². The molecule has 37 heavy (non-hydrogen) atoms. The second-order valence-electron chi connectivity index (χ2n) is 10.3. The van der Waals surface area contributed by atoms with Gasteiger partial charge in [-0.3, -0.25) is 19.7 Å². The minimum Gasteiger partial charge on any atom is -0.494 e. The number of ether oxygens (including phenoxy) is 2. The lowest BCUT2D eigenvalue weighted by Crippen LogP contribution is -2.35. The molecule has 1 aromatic carbocycles. The fraction of sp³-hybridized carbons (Fsp3) is 0.643. The van der Waals surface area contributed by atoms with Gasteiger partial charge in [-0.05, 0) is 43.4 Å². The molecule has 2 aliphatic heterocycles. The summed E-state index contributed by atoms with van der Waals surface area (Å²) < 4.78 is 11.0. The molecule has 1 aliphatic carbocycles. The van der Waals surface area contributed by atoms with Crippen molar-refractivity contribution in [2.24, 2.45) is 10.9 Å². The lowest BCUT2D eigenvalue weighted by Gasteiger charge is -2.24. The van der Waals surface area contributed by atoms with E-state index in [0.717, 1.165) is 61.6 Å². The van der Waals surface area contributed by atoms with Crippen molar-refractivity contribution in [3.8, 4) is 5.75 Å². The van der Waals surface area contributed by atoms with E-state index in [-0.39, 0.29) is 24.4 Å². The number of hydrogen-bond donors (Lipinski definition) is 1. The third kappa shape index (κ3) is 8.20. The van der Waals surface area contributed by atoms with Crippen LogP contribution in [0.4, 0.5) is 5.69 Å². The quantitative estimate of drug-likeness (QED) is 0.300. The van der Waals surface area contributed by atoms with E-state index in [2.05, 4.69) is 10.3 Å². The summed E-state index contributed by atoms with van der Waals surface area (Å²) in [4.78, 5) is 43.9. The average Bonchev–Trinajstić information content (AvgIpc) is 3.52.